The minimum atomic E-state index is -0.684. The molecule has 0 aliphatic carbocycles. The number of piperidine rings is 1. The summed E-state index contributed by atoms with van der Waals surface area (Å²) in [6.07, 6.45) is 3.71. The van der Waals surface area contributed by atoms with E-state index < -0.39 is 11.8 Å². The van der Waals surface area contributed by atoms with Crippen LogP contribution in [0.15, 0.2) is 48.5 Å². The fourth-order valence-electron chi connectivity index (χ4n) is 3.93. The smallest absolute Gasteiger partial charge is 0.314 e. The average Bonchev–Trinajstić information content (AvgIpc) is 2.81. The Morgan fingerprint density at radius 2 is 1.40 bits per heavy atom. The Bertz CT molecular complexity index is 872. The molecular weight excluding hydrogens is 380 g/mol. The number of hydrogen-bond acceptors (Lipinski definition) is 5. The molecule has 158 valence electrons. The summed E-state index contributed by atoms with van der Waals surface area (Å²) in [6.45, 7) is 4.94. The highest BCUT2D eigenvalue weighted by atomic mass is 16.5. The second-order valence-corrected chi connectivity index (χ2v) is 7.62. The highest BCUT2D eigenvalue weighted by molar-refractivity contribution is 6.43. The molecular formula is C23H28N4O3. The summed E-state index contributed by atoms with van der Waals surface area (Å²) in [6, 6.07) is 15.2. The highest BCUT2D eigenvalue weighted by Gasteiger charge is 2.19. The fraction of sp³-hybridized carbons (Fsp3) is 0.391. The van der Waals surface area contributed by atoms with Crippen molar-refractivity contribution in [3.05, 3.63) is 48.5 Å². The number of nitrogens with zero attached hydrogens (tertiary/aromatic N) is 2. The number of para-hydroxylation sites is 2. The van der Waals surface area contributed by atoms with Crippen molar-refractivity contribution in [2.45, 2.75) is 19.3 Å². The average molecular weight is 409 g/mol. The van der Waals surface area contributed by atoms with Crippen LogP contribution in [0.2, 0.25) is 0 Å². The molecule has 7 heteroatoms. The van der Waals surface area contributed by atoms with Crippen LogP contribution >= 0.6 is 0 Å². The van der Waals surface area contributed by atoms with Gasteiger partial charge >= 0.3 is 11.8 Å². The lowest BCUT2D eigenvalue weighted by molar-refractivity contribution is -0.132. The van der Waals surface area contributed by atoms with E-state index in [2.05, 4.69) is 20.4 Å². The highest BCUT2D eigenvalue weighted by Crippen LogP contribution is 2.26. The summed E-state index contributed by atoms with van der Waals surface area (Å²) in [5, 5.41) is 5.44. The number of nitrogens with one attached hydrogen (secondary N) is 2. The van der Waals surface area contributed by atoms with Gasteiger partial charge in [0.15, 0.2) is 0 Å². The predicted octanol–water partition coefficient (Wildman–Crippen LogP) is 3.09. The number of benzene rings is 2. The summed E-state index contributed by atoms with van der Waals surface area (Å²) >= 11 is 0. The molecule has 4 rings (SSSR count). The van der Waals surface area contributed by atoms with Crippen molar-refractivity contribution in [3.8, 4) is 0 Å². The molecule has 2 aliphatic rings. The van der Waals surface area contributed by atoms with E-state index in [9.17, 15) is 9.59 Å². The molecule has 2 saturated heterocycles. The number of ether oxygens (including phenoxy) is 1. The zero-order valence-electron chi connectivity index (χ0n) is 17.1. The third-order valence-corrected chi connectivity index (χ3v) is 5.56. The minimum Gasteiger partial charge on any atom is -0.378 e. The van der Waals surface area contributed by atoms with Gasteiger partial charge in [0.2, 0.25) is 0 Å². The van der Waals surface area contributed by atoms with Crippen LogP contribution in [0.5, 0.6) is 0 Å². The Hall–Kier alpha value is -3.06. The Morgan fingerprint density at radius 1 is 0.733 bits per heavy atom. The van der Waals surface area contributed by atoms with E-state index in [-0.39, 0.29) is 0 Å². The predicted molar refractivity (Wildman–Crippen MR) is 119 cm³/mol. The van der Waals surface area contributed by atoms with Gasteiger partial charge < -0.3 is 25.2 Å². The summed E-state index contributed by atoms with van der Waals surface area (Å²) in [4.78, 5) is 29.4. The second-order valence-electron chi connectivity index (χ2n) is 7.62. The molecule has 0 radical (unpaired) electrons. The molecule has 2 heterocycles. The van der Waals surface area contributed by atoms with Gasteiger partial charge in [0.25, 0.3) is 0 Å². The van der Waals surface area contributed by atoms with Crippen molar-refractivity contribution in [1.82, 2.24) is 0 Å². The van der Waals surface area contributed by atoms with Crippen molar-refractivity contribution in [2.24, 2.45) is 0 Å². The quantitative estimate of drug-likeness (QED) is 0.761. The third kappa shape index (κ3) is 4.91. The van der Waals surface area contributed by atoms with Crippen molar-refractivity contribution < 1.29 is 14.3 Å². The van der Waals surface area contributed by atoms with Crippen molar-refractivity contribution in [3.63, 3.8) is 0 Å². The van der Waals surface area contributed by atoms with Crippen LogP contribution in [0.4, 0.5) is 22.7 Å². The van der Waals surface area contributed by atoms with Crippen molar-refractivity contribution >= 4 is 34.6 Å². The number of anilines is 4. The van der Waals surface area contributed by atoms with E-state index in [1.807, 2.05) is 48.5 Å². The van der Waals surface area contributed by atoms with Crippen LogP contribution in [0, 0.1) is 0 Å². The van der Waals surface area contributed by atoms with Gasteiger partial charge in [-0.1, -0.05) is 12.1 Å². The largest absolute Gasteiger partial charge is 0.378 e. The van der Waals surface area contributed by atoms with Crippen LogP contribution < -0.4 is 20.4 Å². The molecule has 0 aromatic heterocycles. The van der Waals surface area contributed by atoms with Crippen LogP contribution in [-0.4, -0.2) is 51.2 Å². The van der Waals surface area contributed by atoms with Gasteiger partial charge in [-0.25, -0.2) is 0 Å². The summed E-state index contributed by atoms with van der Waals surface area (Å²) < 4.78 is 5.40. The Kier molecular flexibility index (Phi) is 6.49. The molecule has 2 N–H and O–H groups in total. The lowest BCUT2D eigenvalue weighted by Crippen LogP contribution is -2.37. The first-order valence-corrected chi connectivity index (χ1v) is 10.6. The molecule has 2 fully saturated rings. The molecule has 2 aliphatic heterocycles. The van der Waals surface area contributed by atoms with E-state index in [1.54, 1.807) is 0 Å². The Labute approximate surface area is 177 Å². The molecule has 0 unspecified atom stereocenters. The summed E-state index contributed by atoms with van der Waals surface area (Å²) in [5.41, 5.74) is 3.28. The number of rotatable bonds is 4. The molecule has 30 heavy (non-hydrogen) atoms. The van der Waals surface area contributed by atoms with Gasteiger partial charge in [-0.15, -0.1) is 0 Å². The molecule has 2 amide bonds. The van der Waals surface area contributed by atoms with Gasteiger partial charge in [0.05, 0.1) is 24.6 Å². The van der Waals surface area contributed by atoms with Crippen LogP contribution in [0.3, 0.4) is 0 Å². The third-order valence-electron chi connectivity index (χ3n) is 5.56. The Morgan fingerprint density at radius 3 is 2.13 bits per heavy atom. The maximum Gasteiger partial charge on any atom is 0.314 e. The molecule has 7 nitrogen and oxygen atoms in total. The van der Waals surface area contributed by atoms with E-state index >= 15 is 0 Å². The van der Waals surface area contributed by atoms with Crippen LogP contribution in [0.1, 0.15) is 19.3 Å². The van der Waals surface area contributed by atoms with Gasteiger partial charge in [-0.05, 0) is 55.7 Å². The first-order chi connectivity index (χ1) is 14.7. The number of morpholine rings is 1. The van der Waals surface area contributed by atoms with Gasteiger partial charge in [-0.3, -0.25) is 9.59 Å². The van der Waals surface area contributed by atoms with E-state index in [0.29, 0.717) is 24.6 Å². The topological polar surface area (TPSA) is 73.9 Å². The van der Waals surface area contributed by atoms with E-state index in [1.165, 1.54) is 19.3 Å². The van der Waals surface area contributed by atoms with Crippen molar-refractivity contribution in [2.75, 3.05) is 59.8 Å². The lowest BCUT2D eigenvalue weighted by atomic mass is 10.1. The van der Waals surface area contributed by atoms with Gasteiger partial charge in [0.1, 0.15) is 0 Å². The minimum absolute atomic E-state index is 0.609. The van der Waals surface area contributed by atoms with E-state index in [0.717, 1.165) is 37.6 Å². The van der Waals surface area contributed by atoms with E-state index in [4.69, 9.17) is 4.74 Å². The van der Waals surface area contributed by atoms with Gasteiger partial charge in [0, 0.05) is 37.6 Å². The second kappa shape index (κ2) is 9.63. The normalized spacial score (nSPS) is 16.8. The summed E-state index contributed by atoms with van der Waals surface area (Å²) in [5.74, 6) is -1.37. The standard InChI is InChI=1S/C23H28N4O3/c28-22(24-18-8-10-19(11-9-18)26-12-4-1-5-13-26)23(29)25-20-6-2-3-7-21(20)27-14-16-30-17-15-27/h2-3,6-11H,1,4-5,12-17H2,(H,24,28)(H,25,29). The number of carbonyl (C=O) groups excluding carboxylic acids is 2. The monoisotopic (exact) mass is 408 g/mol. The van der Waals surface area contributed by atoms with Gasteiger partial charge in [-0.2, -0.15) is 0 Å². The molecule has 0 saturated carbocycles. The number of hydrogen-bond donors (Lipinski definition) is 2. The SMILES string of the molecule is O=C(Nc1ccc(N2CCCCC2)cc1)C(=O)Nc1ccccc1N1CCOCC1. The molecule has 0 atom stereocenters. The van der Waals surface area contributed by atoms with Crippen LogP contribution in [0.25, 0.3) is 0 Å². The number of carbonyl (C=O) groups is 2. The maximum absolute atomic E-state index is 12.5. The van der Waals surface area contributed by atoms with Crippen LogP contribution in [-0.2, 0) is 14.3 Å². The molecule has 2 aromatic rings. The molecule has 0 spiro atoms. The maximum atomic E-state index is 12.5. The summed E-state index contributed by atoms with van der Waals surface area (Å²) in [7, 11) is 0. The molecule has 2 aromatic carbocycles. The zero-order valence-corrected chi connectivity index (χ0v) is 17.1. The Balaban J connectivity index is 1.37. The lowest BCUT2D eigenvalue weighted by Gasteiger charge is -2.30. The fourth-order valence-corrected chi connectivity index (χ4v) is 3.93. The first kappa shape index (κ1) is 20.2. The first-order valence-electron chi connectivity index (χ1n) is 10.6. The number of amides is 2. The molecule has 0 bridgehead atoms. The zero-order chi connectivity index (χ0) is 20.8. The van der Waals surface area contributed by atoms with Crippen molar-refractivity contribution in [1.29, 1.82) is 0 Å².